The van der Waals surface area contributed by atoms with Gasteiger partial charge in [0.15, 0.2) is 0 Å². The topological polar surface area (TPSA) is 35.5 Å². The molecule has 1 heterocycles. The highest BCUT2D eigenvalue weighted by Crippen LogP contribution is 2.23. The number of piperazine rings is 1. The molecule has 1 aromatic carbocycles. The van der Waals surface area contributed by atoms with Crippen LogP contribution in [0.5, 0.6) is 0 Å². The van der Waals surface area contributed by atoms with E-state index in [0.29, 0.717) is 0 Å². The number of nitrogens with zero attached hydrogens (tertiary/aromatic N) is 1. The number of aliphatic hydroxyl groups excluding tert-OH is 1. The van der Waals surface area contributed by atoms with E-state index >= 15 is 0 Å². The lowest BCUT2D eigenvalue weighted by Gasteiger charge is -2.34. The molecule has 0 aromatic heterocycles. The number of hydrogen-bond acceptors (Lipinski definition) is 4. The first-order valence-electron chi connectivity index (χ1n) is 6.04. The molecule has 2 N–H and O–H groups in total. The normalized spacial score (nSPS) is 18.1. The zero-order valence-corrected chi connectivity index (χ0v) is 12.3. The molecule has 0 aliphatic carbocycles. The highest BCUT2D eigenvalue weighted by molar-refractivity contribution is 7.98. The Morgan fingerprint density at radius 3 is 2.39 bits per heavy atom. The summed E-state index contributed by atoms with van der Waals surface area (Å²) >= 11 is 1.75. The number of aliphatic hydroxyl groups is 1. The quantitative estimate of drug-likeness (QED) is 0.828. The molecule has 102 valence electrons. The van der Waals surface area contributed by atoms with Crippen LogP contribution >= 0.6 is 24.2 Å². The zero-order valence-electron chi connectivity index (χ0n) is 10.6. The summed E-state index contributed by atoms with van der Waals surface area (Å²) in [6.45, 7) is 4.24. The zero-order chi connectivity index (χ0) is 12.1. The van der Waals surface area contributed by atoms with Crippen LogP contribution in [0.25, 0.3) is 0 Å². The fourth-order valence-electron chi connectivity index (χ4n) is 2.25. The Kier molecular flexibility index (Phi) is 7.04. The van der Waals surface area contributed by atoms with Crippen LogP contribution < -0.4 is 5.32 Å². The van der Waals surface area contributed by atoms with Crippen LogP contribution in [0.2, 0.25) is 0 Å². The van der Waals surface area contributed by atoms with E-state index in [1.807, 2.05) is 0 Å². The van der Waals surface area contributed by atoms with Crippen molar-refractivity contribution in [2.24, 2.45) is 0 Å². The minimum atomic E-state index is 0. The monoisotopic (exact) mass is 288 g/mol. The van der Waals surface area contributed by atoms with Crippen LogP contribution in [0, 0.1) is 0 Å². The second-order valence-corrected chi connectivity index (χ2v) is 5.14. The van der Waals surface area contributed by atoms with E-state index in [2.05, 4.69) is 40.7 Å². The molecule has 0 radical (unpaired) electrons. The van der Waals surface area contributed by atoms with E-state index in [1.165, 1.54) is 10.5 Å². The second kappa shape index (κ2) is 8.02. The Morgan fingerprint density at radius 2 is 1.89 bits per heavy atom. The van der Waals surface area contributed by atoms with Gasteiger partial charge in [-0.25, -0.2) is 0 Å². The summed E-state index contributed by atoms with van der Waals surface area (Å²) in [4.78, 5) is 3.62. The summed E-state index contributed by atoms with van der Waals surface area (Å²) in [5.41, 5.74) is 1.22. The molecular formula is C13H21ClN2OS. The molecule has 0 unspecified atom stereocenters. The number of hydrogen-bond donors (Lipinski definition) is 2. The first-order chi connectivity index (χ1) is 8.35. The van der Waals surface area contributed by atoms with Crippen LogP contribution in [0.4, 0.5) is 0 Å². The standard InChI is InChI=1S/C13H20N2OS.ClH/c1-17-12-4-2-11(3-5-12)13(10-16)15-8-6-14-7-9-15;/h2-5,13-14,16H,6-10H2,1H3;1H/t13-;/m1./s1. The molecule has 1 aliphatic rings. The maximum atomic E-state index is 9.59. The predicted molar refractivity (Wildman–Crippen MR) is 79.7 cm³/mol. The molecule has 0 spiro atoms. The van der Waals surface area contributed by atoms with Gasteiger partial charge in [-0.05, 0) is 24.0 Å². The lowest BCUT2D eigenvalue weighted by atomic mass is 10.1. The van der Waals surface area contributed by atoms with Crippen LogP contribution in [-0.4, -0.2) is 49.0 Å². The Morgan fingerprint density at radius 1 is 1.28 bits per heavy atom. The van der Waals surface area contributed by atoms with Gasteiger partial charge in [-0.3, -0.25) is 4.90 Å². The minimum Gasteiger partial charge on any atom is -0.394 e. The molecule has 1 fully saturated rings. The Hall–Kier alpha value is -0.260. The Labute approximate surface area is 119 Å². The molecule has 0 bridgehead atoms. The van der Waals surface area contributed by atoms with E-state index in [0.717, 1.165) is 26.2 Å². The van der Waals surface area contributed by atoms with Gasteiger partial charge in [-0.1, -0.05) is 12.1 Å². The van der Waals surface area contributed by atoms with Crippen molar-refractivity contribution in [1.29, 1.82) is 0 Å². The molecule has 18 heavy (non-hydrogen) atoms. The van der Waals surface area contributed by atoms with Gasteiger partial charge in [-0.2, -0.15) is 0 Å². The average Bonchev–Trinajstić information content (AvgIpc) is 2.42. The third-order valence-electron chi connectivity index (χ3n) is 3.27. The molecule has 1 aliphatic heterocycles. The van der Waals surface area contributed by atoms with E-state index in [-0.39, 0.29) is 25.1 Å². The summed E-state index contributed by atoms with van der Waals surface area (Å²) in [5, 5.41) is 12.9. The summed E-state index contributed by atoms with van der Waals surface area (Å²) < 4.78 is 0. The van der Waals surface area contributed by atoms with Gasteiger partial charge in [0.2, 0.25) is 0 Å². The molecule has 1 saturated heterocycles. The van der Waals surface area contributed by atoms with E-state index in [4.69, 9.17) is 0 Å². The lowest BCUT2D eigenvalue weighted by Crippen LogP contribution is -2.46. The van der Waals surface area contributed by atoms with Crippen molar-refractivity contribution in [2.45, 2.75) is 10.9 Å². The van der Waals surface area contributed by atoms with Crippen LogP contribution in [0.1, 0.15) is 11.6 Å². The van der Waals surface area contributed by atoms with Crippen molar-refractivity contribution in [1.82, 2.24) is 10.2 Å². The fourth-order valence-corrected chi connectivity index (χ4v) is 2.66. The van der Waals surface area contributed by atoms with Crippen molar-refractivity contribution in [3.05, 3.63) is 29.8 Å². The molecule has 1 aromatic rings. The van der Waals surface area contributed by atoms with Crippen LogP contribution in [-0.2, 0) is 0 Å². The SMILES string of the molecule is CSc1ccc([C@@H](CO)N2CCNCC2)cc1.Cl. The maximum absolute atomic E-state index is 9.59. The molecule has 0 amide bonds. The summed E-state index contributed by atoms with van der Waals surface area (Å²) in [6.07, 6.45) is 2.08. The fraction of sp³-hybridized carbons (Fsp3) is 0.538. The number of benzene rings is 1. The second-order valence-electron chi connectivity index (χ2n) is 4.26. The summed E-state index contributed by atoms with van der Waals surface area (Å²) in [6, 6.07) is 8.67. The third-order valence-corrected chi connectivity index (χ3v) is 4.01. The number of halogens is 1. The van der Waals surface area contributed by atoms with Gasteiger partial charge in [-0.15, -0.1) is 24.2 Å². The molecule has 3 nitrogen and oxygen atoms in total. The largest absolute Gasteiger partial charge is 0.394 e. The Balaban J connectivity index is 0.00000162. The highest BCUT2D eigenvalue weighted by atomic mass is 35.5. The predicted octanol–water partition coefficient (Wildman–Crippen LogP) is 1.77. The van der Waals surface area contributed by atoms with Crippen molar-refractivity contribution in [3.63, 3.8) is 0 Å². The first kappa shape index (κ1) is 15.8. The van der Waals surface area contributed by atoms with E-state index in [9.17, 15) is 5.11 Å². The van der Waals surface area contributed by atoms with Gasteiger partial charge in [0.1, 0.15) is 0 Å². The van der Waals surface area contributed by atoms with E-state index in [1.54, 1.807) is 11.8 Å². The van der Waals surface area contributed by atoms with Gasteiger partial charge < -0.3 is 10.4 Å². The number of rotatable bonds is 4. The molecule has 2 rings (SSSR count). The third kappa shape index (κ3) is 3.87. The van der Waals surface area contributed by atoms with Crippen molar-refractivity contribution in [3.8, 4) is 0 Å². The number of thioether (sulfide) groups is 1. The number of nitrogens with one attached hydrogen (secondary N) is 1. The van der Waals surface area contributed by atoms with Gasteiger partial charge in [0.25, 0.3) is 0 Å². The first-order valence-corrected chi connectivity index (χ1v) is 7.27. The molecule has 5 heteroatoms. The van der Waals surface area contributed by atoms with Gasteiger partial charge in [0, 0.05) is 31.1 Å². The lowest BCUT2D eigenvalue weighted by molar-refractivity contribution is 0.111. The average molecular weight is 289 g/mol. The van der Waals surface area contributed by atoms with Gasteiger partial charge >= 0.3 is 0 Å². The summed E-state index contributed by atoms with van der Waals surface area (Å²) in [5.74, 6) is 0. The van der Waals surface area contributed by atoms with Crippen molar-refractivity contribution >= 4 is 24.2 Å². The molecule has 1 atom stereocenters. The van der Waals surface area contributed by atoms with Crippen molar-refractivity contribution in [2.75, 3.05) is 39.0 Å². The smallest absolute Gasteiger partial charge is 0.0628 e. The Bertz CT molecular complexity index is 341. The van der Waals surface area contributed by atoms with E-state index < -0.39 is 0 Å². The van der Waals surface area contributed by atoms with Crippen molar-refractivity contribution < 1.29 is 5.11 Å². The minimum absolute atomic E-state index is 0. The van der Waals surface area contributed by atoms with Gasteiger partial charge in [0.05, 0.1) is 12.6 Å². The molecular weight excluding hydrogens is 268 g/mol. The van der Waals surface area contributed by atoms with Crippen LogP contribution in [0.3, 0.4) is 0 Å². The van der Waals surface area contributed by atoms with Crippen LogP contribution in [0.15, 0.2) is 29.2 Å². The summed E-state index contributed by atoms with van der Waals surface area (Å²) in [7, 11) is 0. The maximum Gasteiger partial charge on any atom is 0.0628 e. The highest BCUT2D eigenvalue weighted by Gasteiger charge is 2.21. The molecule has 0 saturated carbocycles.